The highest BCUT2D eigenvalue weighted by Crippen LogP contribution is 2.37. The molecule has 0 saturated heterocycles. The van der Waals surface area contributed by atoms with E-state index in [-0.39, 0.29) is 0 Å². The highest BCUT2D eigenvalue weighted by Gasteiger charge is 2.22. The zero-order valence-corrected chi connectivity index (χ0v) is 16.5. The Balaban J connectivity index is 1.87. The fourth-order valence-electron chi connectivity index (χ4n) is 3.33. The van der Waals surface area contributed by atoms with Gasteiger partial charge >= 0.3 is 0 Å². The Morgan fingerprint density at radius 1 is 0.654 bits per heavy atom. The van der Waals surface area contributed by atoms with Crippen molar-refractivity contribution in [2.75, 3.05) is 0 Å². The Hall–Kier alpha value is -2.21. The second kappa shape index (κ2) is 7.99. The van der Waals surface area contributed by atoms with Crippen LogP contribution in [0.4, 0.5) is 0 Å². The maximum absolute atomic E-state index is 2.33. The first-order valence-electron chi connectivity index (χ1n) is 8.87. The van der Waals surface area contributed by atoms with Crippen molar-refractivity contribution < 1.29 is 0 Å². The van der Waals surface area contributed by atoms with Gasteiger partial charge in [0.25, 0.3) is 0 Å². The van der Waals surface area contributed by atoms with Crippen LogP contribution in [0.1, 0.15) is 23.3 Å². The Bertz CT molecular complexity index is 906. The molecule has 0 amide bonds. The van der Waals surface area contributed by atoms with Crippen LogP contribution in [0, 0.1) is 0 Å². The van der Waals surface area contributed by atoms with Crippen molar-refractivity contribution in [2.24, 2.45) is 0 Å². The quantitative estimate of drug-likeness (QED) is 0.397. The van der Waals surface area contributed by atoms with Crippen molar-refractivity contribution in [3.05, 3.63) is 113 Å². The minimum absolute atomic E-state index is 0.406. The zero-order chi connectivity index (χ0) is 17.8. The summed E-state index contributed by atoms with van der Waals surface area (Å²) in [5.41, 5.74) is 1.44. The lowest BCUT2D eigenvalue weighted by Gasteiger charge is -2.24. The van der Waals surface area contributed by atoms with Crippen LogP contribution >= 0.6 is 19.3 Å². The summed E-state index contributed by atoms with van der Waals surface area (Å²) < 4.78 is 0. The number of hydrogen-bond donors (Lipinski definition) is 0. The van der Waals surface area contributed by atoms with Crippen molar-refractivity contribution in [3.63, 3.8) is 0 Å². The molecule has 1 aromatic heterocycles. The molecule has 2 heteroatoms. The Kier molecular flexibility index (Phi) is 5.29. The molecule has 0 nitrogen and oxygen atoms in total. The largest absolute Gasteiger partial charge is 0.148 e. The van der Waals surface area contributed by atoms with Crippen LogP contribution in [0.5, 0.6) is 0 Å². The lowest BCUT2D eigenvalue weighted by molar-refractivity contribution is 0.956. The molecule has 26 heavy (non-hydrogen) atoms. The fraction of sp³-hybridized carbons (Fsp3) is 0.0833. The molecule has 0 unspecified atom stereocenters. The van der Waals surface area contributed by atoms with E-state index in [4.69, 9.17) is 0 Å². The lowest BCUT2D eigenvalue weighted by atomic mass is 10.00. The van der Waals surface area contributed by atoms with E-state index in [1.807, 2.05) is 11.3 Å². The maximum atomic E-state index is 2.33. The summed E-state index contributed by atoms with van der Waals surface area (Å²) >= 11 is 1.85. The molecule has 0 radical (unpaired) electrons. The van der Waals surface area contributed by atoms with Gasteiger partial charge < -0.3 is 0 Å². The third-order valence-corrected chi connectivity index (χ3v) is 8.22. The SMILES string of the molecule is C[C@H](c1cccs1)c1ccccc1P(c1ccccc1)c1ccccc1. The smallest absolute Gasteiger partial charge is 0.0162 e. The van der Waals surface area contributed by atoms with Gasteiger partial charge in [-0.3, -0.25) is 0 Å². The van der Waals surface area contributed by atoms with E-state index in [1.165, 1.54) is 26.4 Å². The van der Waals surface area contributed by atoms with Gasteiger partial charge in [0.2, 0.25) is 0 Å². The van der Waals surface area contributed by atoms with Crippen LogP contribution in [-0.4, -0.2) is 0 Å². The second-order valence-electron chi connectivity index (χ2n) is 6.30. The third kappa shape index (κ3) is 3.51. The summed E-state index contributed by atoms with van der Waals surface area (Å²) in [5.74, 6) is 0.406. The van der Waals surface area contributed by atoms with Crippen LogP contribution in [0.15, 0.2) is 102 Å². The van der Waals surface area contributed by atoms with Crippen molar-refractivity contribution in [3.8, 4) is 0 Å². The molecular formula is C24H21PS. The molecule has 4 rings (SSSR count). The van der Waals surface area contributed by atoms with Crippen LogP contribution in [0.2, 0.25) is 0 Å². The van der Waals surface area contributed by atoms with Gasteiger partial charge in [-0.2, -0.15) is 0 Å². The topological polar surface area (TPSA) is 0 Å². The number of hydrogen-bond acceptors (Lipinski definition) is 1. The maximum Gasteiger partial charge on any atom is 0.0162 e. The summed E-state index contributed by atoms with van der Waals surface area (Å²) in [7, 11) is -0.570. The molecule has 0 spiro atoms. The van der Waals surface area contributed by atoms with Gasteiger partial charge in [0, 0.05) is 10.8 Å². The van der Waals surface area contributed by atoms with Gasteiger partial charge in [0.05, 0.1) is 0 Å². The molecule has 0 saturated carbocycles. The van der Waals surface area contributed by atoms with Gasteiger partial charge in [-0.15, -0.1) is 11.3 Å². The van der Waals surface area contributed by atoms with Gasteiger partial charge in [-0.25, -0.2) is 0 Å². The minimum Gasteiger partial charge on any atom is -0.148 e. The molecule has 0 fully saturated rings. The molecule has 4 aromatic rings. The van der Waals surface area contributed by atoms with E-state index >= 15 is 0 Å². The van der Waals surface area contributed by atoms with Crippen molar-refractivity contribution >= 4 is 35.2 Å². The number of thiophene rings is 1. The molecular weight excluding hydrogens is 351 g/mol. The molecule has 3 aromatic carbocycles. The molecule has 0 aliphatic heterocycles. The van der Waals surface area contributed by atoms with Gasteiger partial charge in [-0.1, -0.05) is 97.9 Å². The number of benzene rings is 3. The van der Waals surface area contributed by atoms with Crippen molar-refractivity contribution in [1.82, 2.24) is 0 Å². The van der Waals surface area contributed by atoms with Gasteiger partial charge in [0.1, 0.15) is 0 Å². The van der Waals surface area contributed by atoms with Crippen molar-refractivity contribution in [2.45, 2.75) is 12.8 Å². The highest BCUT2D eigenvalue weighted by molar-refractivity contribution is 7.79. The van der Waals surface area contributed by atoms with E-state index in [9.17, 15) is 0 Å². The predicted molar refractivity (Wildman–Crippen MR) is 117 cm³/mol. The molecule has 1 heterocycles. The molecule has 128 valence electrons. The summed E-state index contributed by atoms with van der Waals surface area (Å²) in [5, 5.41) is 6.44. The summed E-state index contributed by atoms with van der Waals surface area (Å²) in [6.45, 7) is 2.33. The predicted octanol–water partition coefficient (Wildman–Crippen LogP) is 5.66. The zero-order valence-electron chi connectivity index (χ0n) is 14.7. The van der Waals surface area contributed by atoms with E-state index in [0.717, 1.165) is 0 Å². The van der Waals surface area contributed by atoms with E-state index < -0.39 is 7.92 Å². The Morgan fingerprint density at radius 2 is 1.23 bits per heavy atom. The van der Waals surface area contributed by atoms with Crippen LogP contribution < -0.4 is 15.9 Å². The third-order valence-electron chi connectivity index (χ3n) is 4.64. The lowest BCUT2D eigenvalue weighted by Crippen LogP contribution is -2.24. The van der Waals surface area contributed by atoms with Gasteiger partial charge in [0.15, 0.2) is 0 Å². The average Bonchev–Trinajstić information content (AvgIpc) is 3.25. The average molecular weight is 372 g/mol. The fourth-order valence-corrected chi connectivity index (χ4v) is 6.69. The Morgan fingerprint density at radius 3 is 1.81 bits per heavy atom. The first-order chi connectivity index (χ1) is 12.8. The van der Waals surface area contributed by atoms with Crippen LogP contribution in [0.3, 0.4) is 0 Å². The summed E-state index contributed by atoms with van der Waals surface area (Å²) in [6, 6.07) is 35.3. The summed E-state index contributed by atoms with van der Waals surface area (Å²) in [4.78, 5) is 1.42. The monoisotopic (exact) mass is 372 g/mol. The second-order valence-corrected chi connectivity index (χ2v) is 9.47. The first kappa shape index (κ1) is 17.2. The van der Waals surface area contributed by atoms with E-state index in [1.54, 1.807) is 0 Å². The standard InChI is InChI=1S/C24H21PS/c1-19(24-17-10-18-26-24)22-15-8-9-16-23(22)25(20-11-4-2-5-12-20)21-13-6-3-7-14-21/h2-19H,1H3/t19-/m0/s1. The highest BCUT2D eigenvalue weighted by atomic mass is 32.1. The number of rotatable bonds is 5. The molecule has 0 aliphatic carbocycles. The molecule has 0 N–H and O–H groups in total. The van der Waals surface area contributed by atoms with Crippen LogP contribution in [0.25, 0.3) is 0 Å². The Labute approximate surface area is 160 Å². The minimum atomic E-state index is -0.570. The first-order valence-corrected chi connectivity index (χ1v) is 11.1. The molecule has 1 atom stereocenters. The van der Waals surface area contributed by atoms with Crippen molar-refractivity contribution in [1.29, 1.82) is 0 Å². The molecule has 0 bridgehead atoms. The van der Waals surface area contributed by atoms with E-state index in [2.05, 4.69) is 109 Å². The van der Waals surface area contributed by atoms with Crippen LogP contribution in [-0.2, 0) is 0 Å². The normalized spacial score (nSPS) is 12.2. The molecule has 0 aliphatic rings. The van der Waals surface area contributed by atoms with E-state index in [0.29, 0.717) is 5.92 Å². The summed E-state index contributed by atoms with van der Waals surface area (Å²) in [6.07, 6.45) is 0. The van der Waals surface area contributed by atoms with Gasteiger partial charge in [-0.05, 0) is 40.8 Å².